The fourth-order valence-corrected chi connectivity index (χ4v) is 1.20. The summed E-state index contributed by atoms with van der Waals surface area (Å²) in [7, 11) is 0. The van der Waals surface area contributed by atoms with Gasteiger partial charge < -0.3 is 5.73 Å². The molecule has 6 heteroatoms. The van der Waals surface area contributed by atoms with Crippen LogP contribution in [0.4, 0.5) is 10.1 Å². The maximum absolute atomic E-state index is 12.0. The van der Waals surface area contributed by atoms with Gasteiger partial charge in [-0.2, -0.15) is 0 Å². The third-order valence-electron chi connectivity index (χ3n) is 1.91. The summed E-state index contributed by atoms with van der Waals surface area (Å²) < 4.78 is 12.0. The highest BCUT2D eigenvalue weighted by Gasteiger charge is 2.18. The van der Waals surface area contributed by atoms with Crippen molar-refractivity contribution < 1.29 is 14.1 Å². The Morgan fingerprint density at radius 3 is 2.67 bits per heavy atom. The first-order chi connectivity index (χ1) is 7.06. The number of alkyl halides is 1. The van der Waals surface area contributed by atoms with Crippen molar-refractivity contribution in [1.82, 2.24) is 0 Å². The van der Waals surface area contributed by atoms with Crippen LogP contribution in [-0.4, -0.2) is 17.5 Å². The number of primary amides is 1. The molecule has 1 rings (SSSR count). The van der Waals surface area contributed by atoms with Crippen molar-refractivity contribution in [2.75, 3.05) is 6.67 Å². The lowest BCUT2D eigenvalue weighted by Crippen LogP contribution is -2.13. The molecule has 0 aliphatic rings. The smallest absolute Gasteiger partial charge is 0.282 e. The van der Waals surface area contributed by atoms with Crippen molar-refractivity contribution in [3.63, 3.8) is 0 Å². The minimum Gasteiger partial charge on any atom is -0.365 e. The normalized spacial score (nSPS) is 9.93. The van der Waals surface area contributed by atoms with Crippen molar-refractivity contribution in [1.29, 1.82) is 0 Å². The number of amides is 1. The Morgan fingerprint density at radius 2 is 2.20 bits per heavy atom. The van der Waals surface area contributed by atoms with E-state index < -0.39 is 17.5 Å². The van der Waals surface area contributed by atoms with E-state index in [0.29, 0.717) is 5.56 Å². The van der Waals surface area contributed by atoms with Gasteiger partial charge in [0.1, 0.15) is 5.56 Å². The number of rotatable bonds is 4. The van der Waals surface area contributed by atoms with Crippen LogP contribution in [0.5, 0.6) is 0 Å². The van der Waals surface area contributed by atoms with E-state index in [2.05, 4.69) is 0 Å². The first-order valence-electron chi connectivity index (χ1n) is 4.19. The summed E-state index contributed by atoms with van der Waals surface area (Å²) in [6.45, 7) is -0.587. The number of carbonyl (C=O) groups is 1. The van der Waals surface area contributed by atoms with E-state index in [9.17, 15) is 19.3 Å². The summed E-state index contributed by atoms with van der Waals surface area (Å²) >= 11 is 0. The number of nitrogens with two attached hydrogens (primary N) is 1. The van der Waals surface area contributed by atoms with Crippen LogP contribution in [0.2, 0.25) is 0 Å². The molecule has 0 unspecified atom stereocenters. The van der Waals surface area contributed by atoms with Crippen LogP contribution in [0.1, 0.15) is 15.9 Å². The van der Waals surface area contributed by atoms with Gasteiger partial charge in [0.15, 0.2) is 0 Å². The van der Waals surface area contributed by atoms with Crippen LogP contribution in [0, 0.1) is 10.1 Å². The van der Waals surface area contributed by atoms with Gasteiger partial charge in [-0.1, -0.05) is 6.07 Å². The molecule has 1 aromatic carbocycles. The molecule has 0 spiro atoms. The Morgan fingerprint density at radius 1 is 1.53 bits per heavy atom. The fraction of sp³-hybridized carbons (Fsp3) is 0.222. The van der Waals surface area contributed by atoms with Crippen molar-refractivity contribution in [2.45, 2.75) is 6.42 Å². The molecular weight excluding hydrogens is 203 g/mol. The highest BCUT2D eigenvalue weighted by Crippen LogP contribution is 2.19. The van der Waals surface area contributed by atoms with Crippen LogP contribution >= 0.6 is 0 Å². The van der Waals surface area contributed by atoms with Crippen LogP contribution < -0.4 is 5.73 Å². The van der Waals surface area contributed by atoms with Crippen molar-refractivity contribution >= 4 is 11.6 Å². The topological polar surface area (TPSA) is 86.2 Å². The van der Waals surface area contributed by atoms with E-state index in [4.69, 9.17) is 5.73 Å². The molecule has 0 radical (unpaired) electrons. The summed E-state index contributed by atoms with van der Waals surface area (Å²) in [4.78, 5) is 20.7. The average molecular weight is 212 g/mol. The molecule has 1 aromatic rings. The van der Waals surface area contributed by atoms with E-state index in [1.807, 2.05) is 0 Å². The third-order valence-corrected chi connectivity index (χ3v) is 1.91. The van der Waals surface area contributed by atoms with Crippen molar-refractivity contribution in [2.24, 2.45) is 5.73 Å². The number of carbonyl (C=O) groups excluding carboxylic acids is 1. The molecule has 15 heavy (non-hydrogen) atoms. The second-order valence-corrected chi connectivity index (χ2v) is 2.91. The van der Waals surface area contributed by atoms with Gasteiger partial charge in [0.05, 0.1) is 11.6 Å². The lowest BCUT2D eigenvalue weighted by Gasteiger charge is -2.01. The van der Waals surface area contributed by atoms with Gasteiger partial charge in [-0.15, -0.1) is 0 Å². The van der Waals surface area contributed by atoms with Crippen LogP contribution in [0.25, 0.3) is 0 Å². The SMILES string of the molecule is NC(=O)c1cc(CCF)ccc1[N+](=O)[O-]. The molecule has 5 nitrogen and oxygen atoms in total. The first-order valence-corrected chi connectivity index (χ1v) is 4.19. The van der Waals surface area contributed by atoms with Gasteiger partial charge in [0.25, 0.3) is 11.6 Å². The Balaban J connectivity index is 3.21. The predicted molar refractivity (Wildman–Crippen MR) is 51.3 cm³/mol. The number of hydrogen-bond acceptors (Lipinski definition) is 3. The fourth-order valence-electron chi connectivity index (χ4n) is 1.20. The van der Waals surface area contributed by atoms with Crippen LogP contribution in [0.15, 0.2) is 18.2 Å². The summed E-state index contributed by atoms with van der Waals surface area (Å²) in [5.74, 6) is -0.887. The maximum Gasteiger partial charge on any atom is 0.282 e. The first kappa shape index (κ1) is 11.1. The standard InChI is InChI=1S/C9H9FN2O3/c10-4-3-6-1-2-8(12(14)15)7(5-6)9(11)13/h1-2,5H,3-4H2,(H2,11,13). The van der Waals surface area contributed by atoms with Gasteiger partial charge in [0.2, 0.25) is 0 Å². The number of nitro groups is 1. The number of hydrogen-bond donors (Lipinski definition) is 1. The molecule has 0 fully saturated rings. The highest BCUT2D eigenvalue weighted by atomic mass is 19.1. The van der Waals surface area contributed by atoms with Crippen molar-refractivity contribution in [3.8, 4) is 0 Å². The lowest BCUT2D eigenvalue weighted by atomic mass is 10.1. The number of nitrogens with zero attached hydrogens (tertiary/aromatic N) is 1. The zero-order valence-electron chi connectivity index (χ0n) is 7.77. The van der Waals surface area contributed by atoms with Crippen LogP contribution in [0.3, 0.4) is 0 Å². The zero-order valence-corrected chi connectivity index (χ0v) is 7.77. The quantitative estimate of drug-likeness (QED) is 0.601. The molecule has 0 heterocycles. The van der Waals surface area contributed by atoms with E-state index in [1.54, 1.807) is 0 Å². The van der Waals surface area contributed by atoms with Gasteiger partial charge >= 0.3 is 0 Å². The number of nitro benzene ring substituents is 1. The number of halogens is 1. The third kappa shape index (κ3) is 2.49. The Labute approximate surface area is 84.8 Å². The monoisotopic (exact) mass is 212 g/mol. The Bertz CT molecular complexity index is 406. The van der Waals surface area contributed by atoms with Gasteiger partial charge in [0, 0.05) is 12.5 Å². The molecule has 80 valence electrons. The molecule has 1 amide bonds. The van der Waals surface area contributed by atoms with Crippen molar-refractivity contribution in [3.05, 3.63) is 39.4 Å². The molecule has 0 aromatic heterocycles. The predicted octanol–water partition coefficient (Wildman–Crippen LogP) is 1.21. The van der Waals surface area contributed by atoms with Gasteiger partial charge in [-0.3, -0.25) is 19.3 Å². The molecular formula is C9H9FN2O3. The van der Waals surface area contributed by atoms with E-state index in [-0.39, 0.29) is 17.7 Å². The molecule has 0 aliphatic heterocycles. The van der Waals surface area contributed by atoms with E-state index in [1.165, 1.54) is 12.1 Å². The minimum atomic E-state index is -0.887. The maximum atomic E-state index is 12.0. The van der Waals surface area contributed by atoms with Gasteiger partial charge in [-0.05, 0) is 11.6 Å². The number of benzene rings is 1. The minimum absolute atomic E-state index is 0.109. The Kier molecular flexibility index (Phi) is 3.33. The van der Waals surface area contributed by atoms with Crippen LogP contribution in [-0.2, 0) is 6.42 Å². The molecule has 2 N–H and O–H groups in total. The second-order valence-electron chi connectivity index (χ2n) is 2.91. The highest BCUT2D eigenvalue weighted by molar-refractivity contribution is 5.97. The van der Waals surface area contributed by atoms with E-state index >= 15 is 0 Å². The summed E-state index contributed by atoms with van der Waals surface area (Å²) in [6, 6.07) is 3.81. The summed E-state index contributed by atoms with van der Waals surface area (Å²) in [6.07, 6.45) is 0.109. The largest absolute Gasteiger partial charge is 0.365 e. The van der Waals surface area contributed by atoms with E-state index in [0.717, 1.165) is 6.07 Å². The van der Waals surface area contributed by atoms with Gasteiger partial charge in [-0.25, -0.2) is 0 Å². The zero-order chi connectivity index (χ0) is 11.4. The molecule has 0 aliphatic carbocycles. The second kappa shape index (κ2) is 4.50. The summed E-state index contributed by atoms with van der Waals surface area (Å²) in [5.41, 5.74) is 4.95. The molecule has 0 atom stereocenters. The molecule has 0 bridgehead atoms. The lowest BCUT2D eigenvalue weighted by molar-refractivity contribution is -0.385. The molecule has 0 saturated carbocycles. The molecule has 0 saturated heterocycles. The Hall–Kier alpha value is -1.98. The number of aryl methyl sites for hydroxylation is 1. The average Bonchev–Trinajstić information content (AvgIpc) is 2.17. The summed E-state index contributed by atoms with van der Waals surface area (Å²) in [5, 5.41) is 10.5.